The van der Waals surface area contributed by atoms with Crippen molar-refractivity contribution in [2.45, 2.75) is 4.90 Å². The molecule has 8 nitrogen and oxygen atoms in total. The molecule has 1 saturated heterocycles. The molecule has 0 aliphatic carbocycles. The van der Waals surface area contributed by atoms with Gasteiger partial charge in [-0.2, -0.15) is 0 Å². The van der Waals surface area contributed by atoms with Crippen molar-refractivity contribution in [2.75, 3.05) is 31.1 Å². The van der Waals surface area contributed by atoms with E-state index in [2.05, 4.69) is 30.8 Å². The van der Waals surface area contributed by atoms with Crippen LogP contribution in [0.5, 0.6) is 0 Å². The van der Waals surface area contributed by atoms with Crippen LogP contribution in [0.1, 0.15) is 10.4 Å². The number of sulfonamides is 1. The summed E-state index contributed by atoms with van der Waals surface area (Å²) in [7, 11) is -3.82. The molecule has 1 amide bonds. The van der Waals surface area contributed by atoms with E-state index in [0.717, 1.165) is 16.0 Å². The van der Waals surface area contributed by atoms with Crippen LogP contribution in [0.3, 0.4) is 0 Å². The van der Waals surface area contributed by atoms with Crippen LogP contribution in [-0.4, -0.2) is 55.4 Å². The van der Waals surface area contributed by atoms with E-state index in [0.29, 0.717) is 36.2 Å². The lowest BCUT2D eigenvalue weighted by atomic mass is 10.2. The van der Waals surface area contributed by atoms with Crippen molar-refractivity contribution >= 4 is 59.2 Å². The van der Waals surface area contributed by atoms with Gasteiger partial charge in [0.2, 0.25) is 10.0 Å². The first kappa shape index (κ1) is 19.2. The predicted octanol–water partition coefficient (Wildman–Crippen LogP) is 2.06. The monoisotopic (exact) mass is 481 g/mol. The van der Waals surface area contributed by atoms with E-state index in [1.54, 1.807) is 22.6 Å². The smallest absolute Gasteiger partial charge is 0.255 e. The molecule has 1 aliphatic heterocycles. The number of piperazine rings is 1. The number of thiophene rings is 1. The maximum Gasteiger partial charge on any atom is 0.255 e. The van der Waals surface area contributed by atoms with Gasteiger partial charge in [0.05, 0.1) is 15.8 Å². The lowest BCUT2D eigenvalue weighted by molar-refractivity contribution is 0.0745. The minimum absolute atomic E-state index is 0.0377. The fourth-order valence-electron chi connectivity index (χ4n) is 3.17. The Morgan fingerprint density at radius 3 is 2.57 bits per heavy atom. The number of primary sulfonamides is 1. The second-order valence-corrected chi connectivity index (χ2v) is 9.61. The van der Waals surface area contributed by atoms with Crippen LogP contribution in [0, 0.1) is 0 Å². The standard InChI is InChI=1S/C17H16BrN5O3S2/c18-14-9-11(28(19,25)26)1-2-12(14)17(24)23-6-4-22(5-7-23)15-13-3-8-27-16(13)21-10-20-15/h1-3,8-10H,4-7H2,(H2,19,25,26). The van der Waals surface area contributed by atoms with Crippen LogP contribution < -0.4 is 10.0 Å². The van der Waals surface area contributed by atoms with Gasteiger partial charge in [-0.1, -0.05) is 0 Å². The molecule has 146 valence electrons. The van der Waals surface area contributed by atoms with Gasteiger partial charge in [-0.3, -0.25) is 4.79 Å². The van der Waals surface area contributed by atoms with Crippen molar-refractivity contribution in [3.05, 3.63) is 46.0 Å². The number of benzene rings is 1. The Morgan fingerprint density at radius 2 is 1.89 bits per heavy atom. The summed E-state index contributed by atoms with van der Waals surface area (Å²) in [5.74, 6) is 0.730. The van der Waals surface area contributed by atoms with Gasteiger partial charge in [0, 0.05) is 30.7 Å². The number of aromatic nitrogens is 2. The number of fused-ring (bicyclic) bond motifs is 1. The summed E-state index contributed by atoms with van der Waals surface area (Å²) in [6.07, 6.45) is 1.57. The minimum Gasteiger partial charge on any atom is -0.352 e. The van der Waals surface area contributed by atoms with Gasteiger partial charge in [0.1, 0.15) is 17.0 Å². The van der Waals surface area contributed by atoms with Gasteiger partial charge < -0.3 is 9.80 Å². The van der Waals surface area contributed by atoms with Crippen LogP contribution in [0.4, 0.5) is 5.82 Å². The van der Waals surface area contributed by atoms with E-state index < -0.39 is 10.0 Å². The first-order chi connectivity index (χ1) is 13.3. The highest BCUT2D eigenvalue weighted by Crippen LogP contribution is 2.28. The summed E-state index contributed by atoms with van der Waals surface area (Å²) < 4.78 is 23.3. The van der Waals surface area contributed by atoms with Crippen LogP contribution in [0.15, 0.2) is 45.3 Å². The highest BCUT2D eigenvalue weighted by Gasteiger charge is 2.25. The third-order valence-electron chi connectivity index (χ3n) is 4.61. The summed E-state index contributed by atoms with van der Waals surface area (Å²) in [6.45, 7) is 2.39. The van der Waals surface area contributed by atoms with Crippen LogP contribution in [0.25, 0.3) is 10.2 Å². The first-order valence-corrected chi connectivity index (χ1v) is 11.6. The molecule has 3 aromatic rings. The Hall–Kier alpha value is -2.08. The molecule has 28 heavy (non-hydrogen) atoms. The zero-order valence-electron chi connectivity index (χ0n) is 14.6. The minimum atomic E-state index is -3.82. The average Bonchev–Trinajstić information content (AvgIpc) is 3.16. The Morgan fingerprint density at radius 1 is 1.14 bits per heavy atom. The number of anilines is 1. The number of hydrogen-bond donors (Lipinski definition) is 1. The molecule has 2 aromatic heterocycles. The van der Waals surface area contributed by atoms with Gasteiger partial charge in [0.15, 0.2) is 0 Å². The van der Waals surface area contributed by atoms with E-state index in [9.17, 15) is 13.2 Å². The fraction of sp³-hybridized carbons (Fsp3) is 0.235. The normalized spacial score (nSPS) is 15.2. The predicted molar refractivity (Wildman–Crippen MR) is 111 cm³/mol. The van der Waals surface area contributed by atoms with Gasteiger partial charge >= 0.3 is 0 Å². The van der Waals surface area contributed by atoms with Crippen LogP contribution in [-0.2, 0) is 10.0 Å². The summed E-state index contributed by atoms with van der Waals surface area (Å²) in [4.78, 5) is 26.4. The molecular formula is C17H16BrN5O3S2. The summed E-state index contributed by atoms with van der Waals surface area (Å²) in [6, 6.07) is 6.19. The Balaban J connectivity index is 1.49. The molecule has 0 radical (unpaired) electrons. The molecule has 0 saturated carbocycles. The lowest BCUT2D eigenvalue weighted by Crippen LogP contribution is -2.49. The van der Waals surface area contributed by atoms with Crippen molar-refractivity contribution in [3.8, 4) is 0 Å². The number of amides is 1. The molecule has 0 atom stereocenters. The first-order valence-electron chi connectivity index (χ1n) is 8.39. The second kappa shape index (κ2) is 7.39. The number of carbonyl (C=O) groups excluding carboxylic acids is 1. The summed E-state index contributed by atoms with van der Waals surface area (Å²) in [5, 5.41) is 8.15. The Kier molecular flexibility index (Phi) is 5.08. The molecule has 0 unspecified atom stereocenters. The second-order valence-electron chi connectivity index (χ2n) is 6.30. The molecule has 4 rings (SSSR count). The molecule has 0 bridgehead atoms. The van der Waals surface area contributed by atoms with Gasteiger partial charge in [-0.15, -0.1) is 11.3 Å². The Labute approximate surface area is 174 Å². The van der Waals surface area contributed by atoms with E-state index in [1.807, 2.05) is 11.4 Å². The molecule has 1 aliphatic rings. The molecule has 0 spiro atoms. The van der Waals surface area contributed by atoms with Gasteiger partial charge in [0.25, 0.3) is 5.91 Å². The molecular weight excluding hydrogens is 466 g/mol. The van der Waals surface area contributed by atoms with Crippen LogP contribution >= 0.6 is 27.3 Å². The number of nitrogens with zero attached hydrogens (tertiary/aromatic N) is 4. The van der Waals surface area contributed by atoms with Crippen molar-refractivity contribution in [1.29, 1.82) is 0 Å². The fourth-order valence-corrected chi connectivity index (χ4v) is 5.13. The van der Waals surface area contributed by atoms with Crippen molar-refractivity contribution in [2.24, 2.45) is 5.14 Å². The maximum atomic E-state index is 12.9. The van der Waals surface area contributed by atoms with Crippen molar-refractivity contribution in [3.63, 3.8) is 0 Å². The number of carbonyl (C=O) groups is 1. The molecule has 3 heterocycles. The van der Waals surface area contributed by atoms with Crippen molar-refractivity contribution in [1.82, 2.24) is 14.9 Å². The van der Waals surface area contributed by atoms with Crippen LogP contribution in [0.2, 0.25) is 0 Å². The molecule has 1 aromatic carbocycles. The van der Waals surface area contributed by atoms with Gasteiger partial charge in [-0.05, 0) is 45.6 Å². The zero-order chi connectivity index (χ0) is 19.9. The summed E-state index contributed by atoms with van der Waals surface area (Å²) >= 11 is 4.86. The van der Waals surface area contributed by atoms with Crippen molar-refractivity contribution < 1.29 is 13.2 Å². The highest BCUT2D eigenvalue weighted by atomic mass is 79.9. The quantitative estimate of drug-likeness (QED) is 0.612. The van der Waals surface area contributed by atoms with E-state index in [1.165, 1.54) is 18.2 Å². The largest absolute Gasteiger partial charge is 0.352 e. The summed E-state index contributed by atoms with van der Waals surface area (Å²) in [5.41, 5.74) is 0.406. The van der Waals surface area contributed by atoms with E-state index in [4.69, 9.17) is 5.14 Å². The third kappa shape index (κ3) is 3.62. The number of nitrogens with two attached hydrogens (primary N) is 1. The third-order valence-corrected chi connectivity index (χ3v) is 6.99. The SMILES string of the molecule is NS(=O)(=O)c1ccc(C(=O)N2CCN(c3ncnc4sccc34)CC2)c(Br)c1. The zero-order valence-corrected chi connectivity index (χ0v) is 17.8. The highest BCUT2D eigenvalue weighted by molar-refractivity contribution is 9.10. The average molecular weight is 482 g/mol. The molecule has 1 fully saturated rings. The number of rotatable bonds is 3. The van der Waals surface area contributed by atoms with Gasteiger partial charge in [-0.25, -0.2) is 23.5 Å². The number of halogens is 1. The topological polar surface area (TPSA) is 109 Å². The maximum absolute atomic E-state index is 12.9. The number of hydrogen-bond acceptors (Lipinski definition) is 7. The lowest BCUT2D eigenvalue weighted by Gasteiger charge is -2.35. The van der Waals surface area contributed by atoms with E-state index in [-0.39, 0.29) is 10.8 Å². The van der Waals surface area contributed by atoms with E-state index >= 15 is 0 Å². The molecule has 2 N–H and O–H groups in total. The Bertz CT molecular complexity index is 1160. The molecule has 11 heteroatoms.